The van der Waals surface area contributed by atoms with E-state index in [9.17, 15) is 4.79 Å². The molecule has 1 amide bonds. The van der Waals surface area contributed by atoms with Gasteiger partial charge in [0.1, 0.15) is 0 Å². The third-order valence-electron chi connectivity index (χ3n) is 3.27. The van der Waals surface area contributed by atoms with E-state index in [4.69, 9.17) is 15.7 Å². The van der Waals surface area contributed by atoms with Gasteiger partial charge in [0, 0.05) is 19.8 Å². The average molecular weight is 257 g/mol. The van der Waals surface area contributed by atoms with Crippen molar-refractivity contribution < 1.29 is 14.7 Å². The number of nitrogens with two attached hydrogens (primary N) is 1. The predicted octanol–water partition coefficient (Wildman–Crippen LogP) is 0.692. The highest BCUT2D eigenvalue weighted by Crippen LogP contribution is 2.14. The van der Waals surface area contributed by atoms with E-state index in [1.807, 2.05) is 6.92 Å². The second kappa shape index (κ2) is 7.92. The van der Waals surface area contributed by atoms with Gasteiger partial charge in [-0.3, -0.25) is 4.79 Å². The molecule has 1 aliphatic heterocycles. The van der Waals surface area contributed by atoms with Crippen molar-refractivity contribution in [2.24, 2.45) is 22.7 Å². The number of amidine groups is 1. The van der Waals surface area contributed by atoms with Crippen LogP contribution >= 0.6 is 0 Å². The van der Waals surface area contributed by atoms with E-state index in [0.29, 0.717) is 18.9 Å². The average Bonchev–Trinajstić information content (AvgIpc) is 2.42. The summed E-state index contributed by atoms with van der Waals surface area (Å²) in [6.45, 7) is 4.13. The lowest BCUT2D eigenvalue weighted by molar-refractivity contribution is -0.123. The molecule has 1 aliphatic rings. The van der Waals surface area contributed by atoms with E-state index in [1.54, 1.807) is 0 Å². The van der Waals surface area contributed by atoms with Gasteiger partial charge < -0.3 is 21.0 Å². The Balaban J connectivity index is 2.40. The van der Waals surface area contributed by atoms with Crippen LogP contribution in [0.1, 0.15) is 32.6 Å². The number of oxime groups is 1. The van der Waals surface area contributed by atoms with Crippen molar-refractivity contribution in [3.05, 3.63) is 0 Å². The second-order valence-electron chi connectivity index (χ2n) is 4.67. The van der Waals surface area contributed by atoms with E-state index in [2.05, 4.69) is 10.5 Å². The first-order valence-corrected chi connectivity index (χ1v) is 6.51. The fourth-order valence-electron chi connectivity index (χ4n) is 2.09. The quantitative estimate of drug-likeness (QED) is 0.282. The van der Waals surface area contributed by atoms with Crippen molar-refractivity contribution in [3.8, 4) is 0 Å². The monoisotopic (exact) mass is 257 g/mol. The number of carbonyl (C=O) groups is 1. The van der Waals surface area contributed by atoms with Crippen LogP contribution < -0.4 is 11.1 Å². The SMILES string of the molecule is CCCC(C(=O)NCC1CCOCC1)C(N)=NO. The van der Waals surface area contributed by atoms with Crippen molar-refractivity contribution in [1.29, 1.82) is 0 Å². The second-order valence-corrected chi connectivity index (χ2v) is 4.67. The Hall–Kier alpha value is -1.30. The first-order valence-electron chi connectivity index (χ1n) is 6.51. The molecular weight excluding hydrogens is 234 g/mol. The molecule has 0 bridgehead atoms. The molecule has 104 valence electrons. The lowest BCUT2D eigenvalue weighted by atomic mass is 9.98. The smallest absolute Gasteiger partial charge is 0.230 e. The maximum atomic E-state index is 12.0. The molecule has 1 heterocycles. The van der Waals surface area contributed by atoms with Gasteiger partial charge in [0.05, 0.1) is 5.92 Å². The zero-order valence-electron chi connectivity index (χ0n) is 10.9. The molecule has 0 radical (unpaired) electrons. The minimum atomic E-state index is -0.528. The molecule has 1 saturated heterocycles. The Labute approximate surface area is 108 Å². The topological polar surface area (TPSA) is 96.9 Å². The maximum absolute atomic E-state index is 12.0. The van der Waals surface area contributed by atoms with Crippen LogP contribution in [0.3, 0.4) is 0 Å². The van der Waals surface area contributed by atoms with Crippen LogP contribution in [0.4, 0.5) is 0 Å². The van der Waals surface area contributed by atoms with Gasteiger partial charge in [0.25, 0.3) is 0 Å². The largest absolute Gasteiger partial charge is 0.409 e. The first-order chi connectivity index (χ1) is 8.69. The number of nitrogens with zero attached hydrogens (tertiary/aromatic N) is 1. The molecule has 1 unspecified atom stereocenters. The maximum Gasteiger partial charge on any atom is 0.230 e. The lowest BCUT2D eigenvalue weighted by Gasteiger charge is -2.23. The van der Waals surface area contributed by atoms with Crippen molar-refractivity contribution >= 4 is 11.7 Å². The van der Waals surface area contributed by atoms with Crippen molar-refractivity contribution in [2.75, 3.05) is 19.8 Å². The van der Waals surface area contributed by atoms with Crippen LogP contribution in [-0.2, 0) is 9.53 Å². The van der Waals surface area contributed by atoms with Crippen molar-refractivity contribution in [3.63, 3.8) is 0 Å². The van der Waals surface area contributed by atoms with Crippen LogP contribution in [-0.4, -0.2) is 36.7 Å². The zero-order chi connectivity index (χ0) is 13.4. The molecule has 1 rings (SSSR count). The summed E-state index contributed by atoms with van der Waals surface area (Å²) >= 11 is 0. The Morgan fingerprint density at radius 1 is 1.56 bits per heavy atom. The van der Waals surface area contributed by atoms with Gasteiger partial charge in [-0.15, -0.1) is 0 Å². The van der Waals surface area contributed by atoms with Gasteiger partial charge in [-0.2, -0.15) is 0 Å². The molecule has 0 saturated carbocycles. The molecule has 1 fully saturated rings. The van der Waals surface area contributed by atoms with Gasteiger partial charge in [-0.05, 0) is 25.2 Å². The first kappa shape index (κ1) is 14.8. The van der Waals surface area contributed by atoms with Gasteiger partial charge >= 0.3 is 0 Å². The minimum absolute atomic E-state index is 0.0127. The molecule has 6 heteroatoms. The Kier molecular flexibility index (Phi) is 6.49. The molecule has 0 aromatic heterocycles. The summed E-state index contributed by atoms with van der Waals surface area (Å²) in [6.07, 6.45) is 3.35. The molecule has 4 N–H and O–H groups in total. The molecule has 0 aromatic carbocycles. The summed E-state index contributed by atoms with van der Waals surface area (Å²) in [5.41, 5.74) is 5.53. The van der Waals surface area contributed by atoms with E-state index in [-0.39, 0.29) is 11.7 Å². The summed E-state index contributed by atoms with van der Waals surface area (Å²) in [5, 5.41) is 14.5. The highest BCUT2D eigenvalue weighted by atomic mass is 16.5. The highest BCUT2D eigenvalue weighted by Gasteiger charge is 2.23. The normalized spacial score (nSPS) is 19.5. The molecule has 6 nitrogen and oxygen atoms in total. The van der Waals surface area contributed by atoms with E-state index in [1.165, 1.54) is 0 Å². The minimum Gasteiger partial charge on any atom is -0.409 e. The van der Waals surface area contributed by atoms with Gasteiger partial charge in [0.2, 0.25) is 5.91 Å². The molecule has 0 aromatic rings. The summed E-state index contributed by atoms with van der Waals surface area (Å²) in [7, 11) is 0. The number of hydrogen-bond acceptors (Lipinski definition) is 4. The Morgan fingerprint density at radius 3 is 2.78 bits per heavy atom. The molecular formula is C12H23N3O3. The van der Waals surface area contributed by atoms with Crippen LogP contribution in [0.5, 0.6) is 0 Å². The van der Waals surface area contributed by atoms with E-state index < -0.39 is 5.92 Å². The standard InChI is InChI=1S/C12H23N3O3/c1-2-3-10(11(13)15-17)12(16)14-8-9-4-6-18-7-5-9/h9-10,17H,2-8H2,1H3,(H2,13,15)(H,14,16). The number of ether oxygens (including phenoxy) is 1. The zero-order valence-corrected chi connectivity index (χ0v) is 10.9. The summed E-state index contributed by atoms with van der Waals surface area (Å²) in [5.74, 6) is -0.225. The number of nitrogens with one attached hydrogen (secondary N) is 1. The Morgan fingerprint density at radius 2 is 2.22 bits per heavy atom. The fraction of sp³-hybridized carbons (Fsp3) is 0.833. The number of carbonyl (C=O) groups excluding carboxylic acids is 1. The Bertz CT molecular complexity index is 288. The highest BCUT2D eigenvalue weighted by molar-refractivity contribution is 6.02. The van der Waals surface area contributed by atoms with E-state index in [0.717, 1.165) is 32.5 Å². The van der Waals surface area contributed by atoms with Crippen molar-refractivity contribution in [2.45, 2.75) is 32.6 Å². The van der Waals surface area contributed by atoms with Crippen LogP contribution in [0.15, 0.2) is 5.16 Å². The molecule has 0 spiro atoms. The molecule has 0 aliphatic carbocycles. The van der Waals surface area contributed by atoms with Gasteiger partial charge in [-0.1, -0.05) is 18.5 Å². The predicted molar refractivity (Wildman–Crippen MR) is 68.4 cm³/mol. The summed E-state index contributed by atoms with van der Waals surface area (Å²) in [4.78, 5) is 12.0. The lowest BCUT2D eigenvalue weighted by Crippen LogP contribution is -2.41. The van der Waals surface area contributed by atoms with Crippen LogP contribution in [0.2, 0.25) is 0 Å². The number of rotatable bonds is 6. The van der Waals surface area contributed by atoms with Crippen LogP contribution in [0.25, 0.3) is 0 Å². The summed E-state index contributed by atoms with van der Waals surface area (Å²) in [6, 6.07) is 0. The molecule has 1 atom stereocenters. The fourth-order valence-corrected chi connectivity index (χ4v) is 2.09. The number of hydrogen-bond donors (Lipinski definition) is 3. The van der Waals surface area contributed by atoms with E-state index >= 15 is 0 Å². The summed E-state index contributed by atoms with van der Waals surface area (Å²) < 4.78 is 5.26. The number of amides is 1. The van der Waals surface area contributed by atoms with Gasteiger partial charge in [-0.25, -0.2) is 0 Å². The van der Waals surface area contributed by atoms with Gasteiger partial charge in [0.15, 0.2) is 5.84 Å². The van der Waals surface area contributed by atoms with Crippen molar-refractivity contribution in [1.82, 2.24) is 5.32 Å². The third kappa shape index (κ3) is 4.52. The molecule has 18 heavy (non-hydrogen) atoms. The van der Waals surface area contributed by atoms with Crippen LogP contribution in [0, 0.1) is 11.8 Å². The third-order valence-corrected chi connectivity index (χ3v) is 3.27.